The van der Waals surface area contributed by atoms with Crippen LogP contribution in [0.25, 0.3) is 0 Å². The highest BCUT2D eigenvalue weighted by atomic mass is 28.4. The van der Waals surface area contributed by atoms with Crippen molar-refractivity contribution in [1.29, 1.82) is 0 Å². The van der Waals surface area contributed by atoms with Gasteiger partial charge in [0.15, 0.2) is 19.8 Å². The normalized spacial score (nSPS) is 22.3. The number of phenols is 1. The maximum atomic E-state index is 13.0. The molecule has 2 aliphatic rings. The van der Waals surface area contributed by atoms with Crippen molar-refractivity contribution in [2.75, 3.05) is 34.5 Å². The number of ether oxygens (including phenoxy) is 3. The Morgan fingerprint density at radius 3 is 2.24 bits per heavy atom. The van der Waals surface area contributed by atoms with Crippen LogP contribution in [0.2, 0.25) is 18.1 Å². The average Bonchev–Trinajstić information content (AvgIpc) is 2.74. The van der Waals surface area contributed by atoms with E-state index >= 15 is 0 Å². The van der Waals surface area contributed by atoms with Gasteiger partial charge < -0.3 is 28.6 Å². The first-order valence-corrected chi connectivity index (χ1v) is 14.0. The van der Waals surface area contributed by atoms with Crippen molar-refractivity contribution in [3.8, 4) is 17.2 Å². The molecular formula is C23H36N2O7Si. The summed E-state index contributed by atoms with van der Waals surface area (Å²) in [5.41, 5.74) is 1.50. The van der Waals surface area contributed by atoms with Gasteiger partial charge in [-0.15, -0.1) is 0 Å². The van der Waals surface area contributed by atoms with Crippen LogP contribution in [0.5, 0.6) is 17.2 Å². The minimum absolute atomic E-state index is 0.0594. The Hall–Kier alpha value is -2.30. The van der Waals surface area contributed by atoms with E-state index in [4.69, 9.17) is 18.6 Å². The van der Waals surface area contributed by atoms with Gasteiger partial charge in [0.1, 0.15) is 17.8 Å². The third kappa shape index (κ3) is 3.98. The first kappa shape index (κ1) is 25.3. The van der Waals surface area contributed by atoms with Crippen LogP contribution >= 0.6 is 0 Å². The Morgan fingerprint density at radius 1 is 1.12 bits per heavy atom. The van der Waals surface area contributed by atoms with Crippen LogP contribution < -0.4 is 14.8 Å². The molecule has 1 amide bonds. The van der Waals surface area contributed by atoms with Gasteiger partial charge in [0, 0.05) is 23.2 Å². The van der Waals surface area contributed by atoms with Gasteiger partial charge >= 0.3 is 5.97 Å². The van der Waals surface area contributed by atoms with E-state index in [1.165, 1.54) is 21.3 Å². The lowest BCUT2D eigenvalue weighted by molar-refractivity contribution is -0.157. The molecule has 0 aromatic heterocycles. The molecule has 10 heteroatoms. The molecule has 2 heterocycles. The quantitative estimate of drug-likeness (QED) is 0.349. The SMILES string of the molecule is COC(=O)[C@@H]1N[C@@H]2C(=O)N(CCO[Si](C)(C)C(C)(C)C)[C@@H]2c2c(OC)c(C)c(OC)c(O)c21. The summed E-state index contributed by atoms with van der Waals surface area (Å²) in [7, 11) is 2.26. The van der Waals surface area contributed by atoms with E-state index in [0.717, 1.165) is 0 Å². The van der Waals surface area contributed by atoms with Crippen LogP contribution in [0, 0.1) is 6.92 Å². The van der Waals surface area contributed by atoms with E-state index < -0.39 is 32.4 Å². The summed E-state index contributed by atoms with van der Waals surface area (Å²) in [6, 6.07) is -2.07. The monoisotopic (exact) mass is 480 g/mol. The molecule has 0 unspecified atom stereocenters. The fourth-order valence-electron chi connectivity index (χ4n) is 4.42. The number of nitrogens with one attached hydrogen (secondary N) is 1. The number of methoxy groups -OCH3 is 3. The summed E-state index contributed by atoms with van der Waals surface area (Å²) in [4.78, 5) is 27.3. The van der Waals surface area contributed by atoms with Crippen molar-refractivity contribution in [2.45, 2.75) is 64.0 Å². The zero-order chi connectivity index (χ0) is 24.9. The van der Waals surface area contributed by atoms with Crippen molar-refractivity contribution in [3.05, 3.63) is 16.7 Å². The molecule has 1 fully saturated rings. The zero-order valence-electron chi connectivity index (χ0n) is 21.0. The molecule has 0 saturated carbocycles. The molecule has 0 bridgehead atoms. The highest BCUT2D eigenvalue weighted by Gasteiger charge is 2.56. The second-order valence-electron chi connectivity index (χ2n) is 10.1. The van der Waals surface area contributed by atoms with Gasteiger partial charge in [-0.3, -0.25) is 10.1 Å². The summed E-state index contributed by atoms with van der Waals surface area (Å²) < 4.78 is 22.3. The van der Waals surface area contributed by atoms with Gasteiger partial charge in [0.05, 0.1) is 34.0 Å². The predicted octanol–water partition coefficient (Wildman–Crippen LogP) is 2.81. The summed E-state index contributed by atoms with van der Waals surface area (Å²) in [5.74, 6) is -0.200. The fourth-order valence-corrected chi connectivity index (χ4v) is 5.45. The van der Waals surface area contributed by atoms with Gasteiger partial charge in [-0.05, 0) is 25.1 Å². The summed E-state index contributed by atoms with van der Waals surface area (Å²) in [6.07, 6.45) is 0. The van der Waals surface area contributed by atoms with Crippen molar-refractivity contribution in [2.24, 2.45) is 0 Å². The first-order chi connectivity index (χ1) is 15.3. The molecule has 2 N–H and O–H groups in total. The Balaban J connectivity index is 2.02. The lowest BCUT2D eigenvalue weighted by Gasteiger charge is -2.52. The number of nitrogens with zero attached hydrogens (tertiary/aromatic N) is 1. The van der Waals surface area contributed by atoms with Gasteiger partial charge in [0.25, 0.3) is 0 Å². The second-order valence-corrected chi connectivity index (χ2v) is 14.9. The van der Waals surface area contributed by atoms with Crippen LogP contribution in [0.1, 0.15) is 49.5 Å². The van der Waals surface area contributed by atoms with E-state index in [2.05, 4.69) is 39.2 Å². The first-order valence-electron chi connectivity index (χ1n) is 11.1. The van der Waals surface area contributed by atoms with E-state index in [0.29, 0.717) is 35.6 Å². The van der Waals surface area contributed by atoms with Crippen LogP contribution in [-0.4, -0.2) is 70.7 Å². The maximum Gasteiger partial charge on any atom is 0.327 e. The number of carbonyl (C=O) groups excluding carboxylic acids is 2. The summed E-state index contributed by atoms with van der Waals surface area (Å²) in [5, 5.41) is 14.2. The zero-order valence-corrected chi connectivity index (χ0v) is 22.0. The van der Waals surface area contributed by atoms with Crippen LogP contribution in [0.4, 0.5) is 0 Å². The number of hydrogen-bond acceptors (Lipinski definition) is 8. The third-order valence-corrected chi connectivity index (χ3v) is 11.8. The standard InChI is InChI=1S/C23H36N2O7Si/c1-12-19(29-5)14-13(18(26)20(12)30-6)15(22(28)31-7)24-16-17(14)25(21(16)27)10-11-32-33(8,9)23(2,3)4/h15-17,24,26H,10-11H2,1-9H3/t15-,16+,17-/m1/s1. The molecule has 1 aromatic rings. The summed E-state index contributed by atoms with van der Waals surface area (Å²) >= 11 is 0. The molecule has 3 rings (SSSR count). The molecule has 3 atom stereocenters. The Kier molecular flexibility index (Phi) is 6.76. The molecule has 0 aliphatic carbocycles. The van der Waals surface area contributed by atoms with Gasteiger partial charge in [-0.2, -0.15) is 0 Å². The number of rotatable bonds is 7. The Bertz CT molecular complexity index is 957. The van der Waals surface area contributed by atoms with Crippen molar-refractivity contribution >= 4 is 20.2 Å². The second kappa shape index (κ2) is 8.81. The largest absolute Gasteiger partial charge is 0.504 e. The highest BCUT2D eigenvalue weighted by Crippen LogP contribution is 2.54. The molecule has 0 spiro atoms. The maximum absolute atomic E-state index is 13.0. The van der Waals surface area contributed by atoms with Gasteiger partial charge in [-0.1, -0.05) is 20.8 Å². The van der Waals surface area contributed by atoms with E-state index in [1.807, 2.05) is 0 Å². The number of likely N-dealkylation sites (tertiary alicyclic amines) is 1. The highest BCUT2D eigenvalue weighted by molar-refractivity contribution is 6.74. The number of aromatic hydroxyl groups is 1. The Labute approximate surface area is 196 Å². The molecule has 1 aromatic carbocycles. The molecule has 0 radical (unpaired) electrons. The van der Waals surface area contributed by atoms with Crippen LogP contribution in [-0.2, 0) is 18.8 Å². The van der Waals surface area contributed by atoms with Crippen LogP contribution in [0.15, 0.2) is 0 Å². The molecule has 2 aliphatic heterocycles. The van der Waals surface area contributed by atoms with E-state index in [-0.39, 0.29) is 22.4 Å². The average molecular weight is 481 g/mol. The number of hydrogen-bond donors (Lipinski definition) is 2. The van der Waals surface area contributed by atoms with E-state index in [9.17, 15) is 14.7 Å². The number of carbonyl (C=O) groups is 2. The van der Waals surface area contributed by atoms with Crippen LogP contribution in [0.3, 0.4) is 0 Å². The van der Waals surface area contributed by atoms with Gasteiger partial charge in [0.2, 0.25) is 5.91 Å². The minimum Gasteiger partial charge on any atom is -0.504 e. The van der Waals surface area contributed by atoms with Crippen molar-refractivity contribution in [1.82, 2.24) is 10.2 Å². The summed E-state index contributed by atoms with van der Waals surface area (Å²) in [6.45, 7) is 13.4. The molecule has 33 heavy (non-hydrogen) atoms. The lowest BCUT2D eigenvalue weighted by atomic mass is 9.77. The third-order valence-electron chi connectivity index (χ3n) is 7.26. The number of phenolic OH excluding ortho intramolecular Hbond substituents is 1. The number of β-lactam (4-membered cyclic amide) rings is 1. The van der Waals surface area contributed by atoms with E-state index in [1.54, 1.807) is 11.8 Å². The number of fused-ring (bicyclic) bond motifs is 3. The topological polar surface area (TPSA) is 107 Å². The molecule has 184 valence electrons. The Morgan fingerprint density at radius 2 is 1.73 bits per heavy atom. The molecule has 9 nitrogen and oxygen atoms in total. The fraction of sp³-hybridized carbons (Fsp3) is 0.652. The number of esters is 1. The van der Waals surface area contributed by atoms with Crippen molar-refractivity contribution < 1.29 is 33.3 Å². The van der Waals surface area contributed by atoms with Crippen molar-refractivity contribution in [3.63, 3.8) is 0 Å². The molecular weight excluding hydrogens is 444 g/mol. The number of benzene rings is 1. The smallest absolute Gasteiger partial charge is 0.327 e. The van der Waals surface area contributed by atoms with Gasteiger partial charge in [-0.25, -0.2) is 4.79 Å². The number of amides is 1. The predicted molar refractivity (Wildman–Crippen MR) is 125 cm³/mol. The lowest BCUT2D eigenvalue weighted by Crippen LogP contribution is -2.68. The molecule has 1 saturated heterocycles. The minimum atomic E-state index is -1.97.